The van der Waals surface area contributed by atoms with E-state index in [-0.39, 0.29) is 11.3 Å². The number of benzene rings is 4. The first-order chi connectivity index (χ1) is 20.2. The highest BCUT2D eigenvalue weighted by atomic mass is 16.5. The van der Waals surface area contributed by atoms with Gasteiger partial charge in [-0.15, -0.1) is 0 Å². The molecular formula is C36H36N2O4. The van der Waals surface area contributed by atoms with Gasteiger partial charge in [0.05, 0.1) is 11.6 Å². The standard InChI is InChI=1S/C36H36N2O4/c1-23(2)26-11-13-27(14-12-26)33-32(35(40)36(41)38(33)30-18-16-29(17-19-30)37(4)5)34(39)28-15-20-31(24(3)21-28)42-22-25-9-7-6-8-10-25/h6-21,23,33,39H,22H2,1-5H3/b34-32-. The second kappa shape index (κ2) is 12.0. The van der Waals surface area contributed by atoms with E-state index in [0.717, 1.165) is 27.9 Å². The van der Waals surface area contributed by atoms with Gasteiger partial charge in [0.25, 0.3) is 11.7 Å². The van der Waals surface area contributed by atoms with Crippen LogP contribution in [-0.2, 0) is 16.2 Å². The molecule has 1 N–H and O–H groups in total. The second-order valence-corrected chi connectivity index (χ2v) is 11.2. The number of aryl methyl sites for hydroxylation is 1. The predicted octanol–water partition coefficient (Wildman–Crippen LogP) is 7.39. The fourth-order valence-corrected chi connectivity index (χ4v) is 5.24. The van der Waals surface area contributed by atoms with Gasteiger partial charge in [0.2, 0.25) is 0 Å². The fourth-order valence-electron chi connectivity index (χ4n) is 5.24. The van der Waals surface area contributed by atoms with E-state index in [1.807, 2.05) is 105 Å². The molecule has 1 amide bonds. The number of ether oxygens (including phenoxy) is 1. The first-order valence-electron chi connectivity index (χ1n) is 14.1. The molecule has 6 nitrogen and oxygen atoms in total. The second-order valence-electron chi connectivity index (χ2n) is 11.2. The number of hydrogen-bond donors (Lipinski definition) is 1. The molecule has 0 spiro atoms. The monoisotopic (exact) mass is 560 g/mol. The van der Waals surface area contributed by atoms with Crippen molar-refractivity contribution in [1.82, 2.24) is 0 Å². The number of rotatable bonds is 8. The molecule has 4 aromatic carbocycles. The van der Waals surface area contributed by atoms with Gasteiger partial charge in [-0.2, -0.15) is 0 Å². The molecule has 214 valence electrons. The van der Waals surface area contributed by atoms with Crippen LogP contribution in [0.1, 0.15) is 53.6 Å². The highest BCUT2D eigenvalue weighted by Gasteiger charge is 2.47. The summed E-state index contributed by atoms with van der Waals surface area (Å²) in [4.78, 5) is 30.6. The summed E-state index contributed by atoms with van der Waals surface area (Å²) in [6.07, 6.45) is 0. The molecule has 6 heteroatoms. The Balaban J connectivity index is 1.56. The molecule has 1 unspecified atom stereocenters. The van der Waals surface area contributed by atoms with Crippen molar-refractivity contribution < 1.29 is 19.4 Å². The number of ketones is 1. The van der Waals surface area contributed by atoms with Gasteiger partial charge in [0.15, 0.2) is 0 Å². The van der Waals surface area contributed by atoms with E-state index in [4.69, 9.17) is 4.74 Å². The van der Waals surface area contributed by atoms with Gasteiger partial charge >= 0.3 is 0 Å². The molecule has 1 aliphatic heterocycles. The first kappa shape index (κ1) is 28.7. The maximum Gasteiger partial charge on any atom is 0.300 e. The number of hydrogen-bond acceptors (Lipinski definition) is 5. The van der Waals surface area contributed by atoms with Crippen LogP contribution in [0.2, 0.25) is 0 Å². The molecule has 1 fully saturated rings. The van der Waals surface area contributed by atoms with E-state index in [1.54, 1.807) is 18.2 Å². The van der Waals surface area contributed by atoms with Crippen LogP contribution in [0, 0.1) is 6.92 Å². The summed E-state index contributed by atoms with van der Waals surface area (Å²) in [7, 11) is 3.88. The van der Waals surface area contributed by atoms with Crippen molar-refractivity contribution in [3.8, 4) is 5.75 Å². The molecule has 0 aliphatic carbocycles. The molecule has 0 bridgehead atoms. The number of aliphatic hydroxyl groups excluding tert-OH is 1. The average Bonchev–Trinajstić information content (AvgIpc) is 3.26. The van der Waals surface area contributed by atoms with Gasteiger partial charge in [0, 0.05) is 31.0 Å². The topological polar surface area (TPSA) is 70.1 Å². The molecule has 1 atom stereocenters. The van der Waals surface area contributed by atoms with E-state index in [1.165, 1.54) is 4.90 Å². The Bertz CT molecular complexity index is 1620. The molecule has 1 aliphatic rings. The van der Waals surface area contributed by atoms with Crippen LogP contribution in [0.15, 0.2) is 103 Å². The zero-order valence-electron chi connectivity index (χ0n) is 24.7. The maximum atomic E-state index is 13.6. The van der Waals surface area contributed by atoms with Crippen molar-refractivity contribution in [2.24, 2.45) is 0 Å². The number of amides is 1. The summed E-state index contributed by atoms with van der Waals surface area (Å²) in [5, 5.41) is 11.6. The Morgan fingerprint density at radius 1 is 0.905 bits per heavy atom. The van der Waals surface area contributed by atoms with Gasteiger partial charge in [-0.1, -0.05) is 68.4 Å². The molecule has 4 aromatic rings. The lowest BCUT2D eigenvalue weighted by Crippen LogP contribution is -2.29. The maximum absolute atomic E-state index is 13.6. The van der Waals surface area contributed by atoms with Gasteiger partial charge in [-0.05, 0) is 77.6 Å². The summed E-state index contributed by atoms with van der Waals surface area (Å²) in [5.41, 5.74) is 5.81. The van der Waals surface area contributed by atoms with Crippen molar-refractivity contribution in [2.45, 2.75) is 39.3 Å². The highest BCUT2D eigenvalue weighted by molar-refractivity contribution is 6.51. The third kappa shape index (κ3) is 5.66. The number of Topliss-reactive ketones (excluding diaryl/α,β-unsaturated/α-hetero) is 1. The number of aliphatic hydroxyl groups is 1. The van der Waals surface area contributed by atoms with E-state index >= 15 is 0 Å². The summed E-state index contributed by atoms with van der Waals surface area (Å²) in [6.45, 7) is 6.53. The zero-order valence-corrected chi connectivity index (χ0v) is 24.7. The number of nitrogens with zero attached hydrogens (tertiary/aromatic N) is 2. The minimum atomic E-state index is -0.786. The van der Waals surface area contributed by atoms with Crippen molar-refractivity contribution in [3.05, 3.63) is 130 Å². The lowest BCUT2D eigenvalue weighted by Gasteiger charge is -2.26. The van der Waals surface area contributed by atoms with Gasteiger partial charge in [0.1, 0.15) is 18.1 Å². The Hall–Kier alpha value is -4.84. The van der Waals surface area contributed by atoms with Crippen LogP contribution in [0.4, 0.5) is 11.4 Å². The lowest BCUT2D eigenvalue weighted by molar-refractivity contribution is -0.132. The van der Waals surface area contributed by atoms with Crippen LogP contribution in [0.5, 0.6) is 5.75 Å². The molecule has 0 radical (unpaired) electrons. The third-order valence-corrected chi connectivity index (χ3v) is 7.69. The van der Waals surface area contributed by atoms with Crippen LogP contribution < -0.4 is 14.5 Å². The SMILES string of the molecule is Cc1cc(/C(O)=C2/C(=O)C(=O)N(c3ccc(N(C)C)cc3)C2c2ccc(C(C)C)cc2)ccc1OCc1ccccc1. The summed E-state index contributed by atoms with van der Waals surface area (Å²) in [5.74, 6) is -0.598. The fraction of sp³-hybridized carbons (Fsp3) is 0.222. The third-order valence-electron chi connectivity index (χ3n) is 7.69. The Labute approximate surface area is 247 Å². The quantitative estimate of drug-likeness (QED) is 0.138. The largest absolute Gasteiger partial charge is 0.507 e. The molecule has 5 rings (SSSR count). The lowest BCUT2D eigenvalue weighted by atomic mass is 9.92. The van der Waals surface area contributed by atoms with Gasteiger partial charge in [-0.25, -0.2) is 0 Å². The van der Waals surface area contributed by atoms with Crippen molar-refractivity contribution in [3.63, 3.8) is 0 Å². The Morgan fingerprint density at radius 2 is 1.57 bits per heavy atom. The van der Waals surface area contributed by atoms with Gasteiger partial charge < -0.3 is 14.7 Å². The molecular weight excluding hydrogens is 524 g/mol. The summed E-state index contributed by atoms with van der Waals surface area (Å²) in [6, 6.07) is 29.8. The Morgan fingerprint density at radius 3 is 2.17 bits per heavy atom. The normalized spacial score (nSPS) is 16.2. The molecule has 1 saturated heterocycles. The molecule has 1 heterocycles. The van der Waals surface area contributed by atoms with Crippen molar-refractivity contribution in [1.29, 1.82) is 0 Å². The average molecular weight is 561 g/mol. The number of anilines is 2. The minimum Gasteiger partial charge on any atom is -0.507 e. The minimum absolute atomic E-state index is 0.0614. The number of carbonyl (C=O) groups excluding carboxylic acids is 2. The van der Waals surface area contributed by atoms with E-state index in [9.17, 15) is 14.7 Å². The number of carbonyl (C=O) groups is 2. The van der Waals surface area contributed by atoms with Crippen LogP contribution in [0.25, 0.3) is 5.76 Å². The van der Waals surface area contributed by atoms with Gasteiger partial charge in [-0.3, -0.25) is 14.5 Å². The Kier molecular flexibility index (Phi) is 8.16. The predicted molar refractivity (Wildman–Crippen MR) is 168 cm³/mol. The van der Waals surface area contributed by atoms with Crippen LogP contribution in [0.3, 0.4) is 0 Å². The summed E-state index contributed by atoms with van der Waals surface area (Å²) < 4.78 is 6.01. The molecule has 42 heavy (non-hydrogen) atoms. The van der Waals surface area contributed by atoms with E-state index < -0.39 is 17.7 Å². The van der Waals surface area contributed by atoms with Crippen LogP contribution in [-0.4, -0.2) is 30.9 Å². The highest BCUT2D eigenvalue weighted by Crippen LogP contribution is 2.43. The first-order valence-corrected chi connectivity index (χ1v) is 14.1. The van der Waals surface area contributed by atoms with E-state index in [2.05, 4.69) is 13.8 Å². The zero-order chi connectivity index (χ0) is 30.0. The summed E-state index contributed by atoms with van der Waals surface area (Å²) >= 11 is 0. The van der Waals surface area contributed by atoms with E-state index in [0.29, 0.717) is 29.5 Å². The van der Waals surface area contributed by atoms with Crippen molar-refractivity contribution in [2.75, 3.05) is 23.9 Å². The molecule has 0 saturated carbocycles. The van der Waals surface area contributed by atoms with Crippen LogP contribution >= 0.6 is 0 Å². The molecule has 0 aromatic heterocycles. The smallest absolute Gasteiger partial charge is 0.300 e. The van der Waals surface area contributed by atoms with Crippen molar-refractivity contribution >= 4 is 28.8 Å².